The van der Waals surface area contributed by atoms with E-state index in [2.05, 4.69) is 0 Å². The number of ether oxygens (including phenoxy) is 2. The molecule has 0 N–H and O–H groups in total. The number of rotatable bonds is 6. The first kappa shape index (κ1) is 21.0. The second-order valence-corrected chi connectivity index (χ2v) is 8.44. The van der Waals surface area contributed by atoms with Crippen LogP contribution in [0.15, 0.2) is 65.6 Å². The predicted molar refractivity (Wildman–Crippen MR) is 124 cm³/mol. The fourth-order valence-corrected chi connectivity index (χ4v) is 4.38. The monoisotopic (exact) mass is 433 g/mol. The van der Waals surface area contributed by atoms with Crippen LogP contribution in [-0.4, -0.2) is 29.3 Å². The number of hydrogen-bond donors (Lipinski definition) is 0. The standard InChI is InChI=1S/C25H23NO4S/c1-16(2)30-23-18(10-7-13-21(23)29-3)14-22-24(27)26(25(28)31-22)15-19-11-6-9-17-8-4-5-12-20(17)19/h4-14,16H,15H2,1-3H3/b22-14+. The molecule has 0 atom stereocenters. The zero-order valence-electron chi connectivity index (χ0n) is 17.6. The van der Waals surface area contributed by atoms with Gasteiger partial charge in [0.15, 0.2) is 11.5 Å². The van der Waals surface area contributed by atoms with Gasteiger partial charge in [-0.15, -0.1) is 0 Å². The minimum atomic E-state index is -0.304. The highest BCUT2D eigenvalue weighted by Crippen LogP contribution is 2.38. The lowest BCUT2D eigenvalue weighted by Crippen LogP contribution is -2.27. The first-order valence-electron chi connectivity index (χ1n) is 10.0. The number of amides is 2. The number of hydrogen-bond acceptors (Lipinski definition) is 5. The van der Waals surface area contributed by atoms with Gasteiger partial charge < -0.3 is 9.47 Å². The van der Waals surface area contributed by atoms with Crippen molar-refractivity contribution in [1.29, 1.82) is 0 Å². The molecule has 1 aliphatic heterocycles. The van der Waals surface area contributed by atoms with Crippen molar-refractivity contribution in [3.05, 3.63) is 76.7 Å². The first-order valence-corrected chi connectivity index (χ1v) is 10.8. The topological polar surface area (TPSA) is 55.8 Å². The maximum Gasteiger partial charge on any atom is 0.293 e. The zero-order chi connectivity index (χ0) is 22.0. The van der Waals surface area contributed by atoms with Crippen molar-refractivity contribution >= 4 is 39.8 Å². The number of imide groups is 1. The molecule has 2 amide bonds. The molecular formula is C25H23NO4S. The van der Waals surface area contributed by atoms with Gasteiger partial charge in [-0.3, -0.25) is 14.5 Å². The predicted octanol–water partition coefficient (Wildman–Crippen LogP) is 5.87. The van der Waals surface area contributed by atoms with Crippen molar-refractivity contribution in [2.75, 3.05) is 7.11 Å². The molecular weight excluding hydrogens is 410 g/mol. The largest absolute Gasteiger partial charge is 0.493 e. The van der Waals surface area contributed by atoms with Crippen LogP contribution < -0.4 is 9.47 Å². The van der Waals surface area contributed by atoms with E-state index in [1.54, 1.807) is 19.3 Å². The molecule has 4 rings (SSSR count). The average Bonchev–Trinajstić information content (AvgIpc) is 3.02. The first-order chi connectivity index (χ1) is 15.0. The van der Waals surface area contributed by atoms with Gasteiger partial charge in [-0.1, -0.05) is 54.6 Å². The fourth-order valence-electron chi connectivity index (χ4n) is 3.55. The van der Waals surface area contributed by atoms with Gasteiger partial charge >= 0.3 is 0 Å². The molecule has 0 saturated carbocycles. The molecule has 6 heteroatoms. The lowest BCUT2D eigenvalue weighted by molar-refractivity contribution is -0.123. The summed E-state index contributed by atoms with van der Waals surface area (Å²) in [5, 5.41) is 1.83. The van der Waals surface area contributed by atoms with E-state index in [-0.39, 0.29) is 23.8 Å². The van der Waals surface area contributed by atoms with Crippen LogP contribution >= 0.6 is 11.8 Å². The Kier molecular flexibility index (Phi) is 6.00. The second kappa shape index (κ2) is 8.86. The third kappa shape index (κ3) is 4.30. The maximum absolute atomic E-state index is 13.1. The van der Waals surface area contributed by atoms with Gasteiger partial charge in [-0.25, -0.2) is 0 Å². The van der Waals surface area contributed by atoms with Gasteiger partial charge in [0.1, 0.15) is 0 Å². The van der Waals surface area contributed by atoms with Crippen LogP contribution in [0, 0.1) is 0 Å². The van der Waals surface area contributed by atoms with E-state index >= 15 is 0 Å². The zero-order valence-corrected chi connectivity index (χ0v) is 18.4. The van der Waals surface area contributed by atoms with Gasteiger partial charge in [0.05, 0.1) is 24.7 Å². The third-order valence-electron chi connectivity index (χ3n) is 4.95. The molecule has 31 heavy (non-hydrogen) atoms. The third-order valence-corrected chi connectivity index (χ3v) is 5.86. The van der Waals surface area contributed by atoms with Crippen molar-refractivity contribution in [2.45, 2.75) is 26.5 Å². The summed E-state index contributed by atoms with van der Waals surface area (Å²) >= 11 is 0.944. The highest BCUT2D eigenvalue weighted by atomic mass is 32.2. The van der Waals surface area contributed by atoms with E-state index in [1.807, 2.05) is 68.4 Å². The Morgan fingerprint density at radius 3 is 2.52 bits per heavy atom. The Bertz CT molecular complexity index is 1180. The van der Waals surface area contributed by atoms with Gasteiger partial charge in [0.2, 0.25) is 0 Å². The lowest BCUT2D eigenvalue weighted by atomic mass is 10.0. The van der Waals surface area contributed by atoms with Crippen molar-refractivity contribution in [3.8, 4) is 11.5 Å². The Morgan fingerprint density at radius 1 is 1.00 bits per heavy atom. The van der Waals surface area contributed by atoms with Gasteiger partial charge in [-0.05, 0) is 54.1 Å². The van der Waals surface area contributed by atoms with Crippen LogP contribution in [0.4, 0.5) is 4.79 Å². The van der Waals surface area contributed by atoms with Gasteiger partial charge in [-0.2, -0.15) is 0 Å². The number of nitrogens with zero attached hydrogens (tertiary/aromatic N) is 1. The van der Waals surface area contributed by atoms with E-state index in [9.17, 15) is 9.59 Å². The quantitative estimate of drug-likeness (QED) is 0.455. The molecule has 1 fully saturated rings. The minimum Gasteiger partial charge on any atom is -0.493 e. The molecule has 1 saturated heterocycles. The molecule has 5 nitrogen and oxygen atoms in total. The molecule has 158 valence electrons. The number of methoxy groups -OCH3 is 1. The summed E-state index contributed by atoms with van der Waals surface area (Å²) in [6, 6.07) is 19.4. The molecule has 1 heterocycles. The van der Waals surface area contributed by atoms with E-state index in [4.69, 9.17) is 9.47 Å². The molecule has 3 aromatic carbocycles. The number of para-hydroxylation sites is 1. The molecule has 1 aliphatic rings. The number of benzene rings is 3. The van der Waals surface area contributed by atoms with Crippen molar-refractivity contribution in [1.82, 2.24) is 4.90 Å². The second-order valence-electron chi connectivity index (χ2n) is 7.45. The van der Waals surface area contributed by atoms with Crippen LogP contribution in [0.2, 0.25) is 0 Å². The number of fused-ring (bicyclic) bond motifs is 1. The smallest absolute Gasteiger partial charge is 0.293 e. The SMILES string of the molecule is COc1cccc(/C=C2/SC(=O)N(Cc3cccc4ccccc34)C2=O)c1OC(C)C. The van der Waals surface area contributed by atoms with Crippen molar-refractivity contribution in [3.63, 3.8) is 0 Å². The molecule has 0 bridgehead atoms. The Labute approximate surface area is 185 Å². The van der Waals surface area contributed by atoms with E-state index < -0.39 is 0 Å². The van der Waals surface area contributed by atoms with Crippen LogP contribution in [0.25, 0.3) is 16.8 Å². The fraction of sp³-hybridized carbons (Fsp3) is 0.200. The highest BCUT2D eigenvalue weighted by Gasteiger charge is 2.35. The summed E-state index contributed by atoms with van der Waals surface area (Å²) < 4.78 is 11.3. The Morgan fingerprint density at radius 2 is 1.74 bits per heavy atom. The lowest BCUT2D eigenvalue weighted by Gasteiger charge is -2.16. The van der Waals surface area contributed by atoms with Crippen LogP contribution in [0.1, 0.15) is 25.0 Å². The Balaban J connectivity index is 1.65. The van der Waals surface area contributed by atoms with Gasteiger partial charge in [0.25, 0.3) is 11.1 Å². The molecule has 0 unspecified atom stereocenters. The van der Waals surface area contributed by atoms with Crippen LogP contribution in [-0.2, 0) is 11.3 Å². The summed E-state index contributed by atoms with van der Waals surface area (Å²) in [5.41, 5.74) is 1.63. The number of carbonyl (C=O) groups is 2. The maximum atomic E-state index is 13.1. The molecule has 0 radical (unpaired) electrons. The minimum absolute atomic E-state index is 0.0649. The van der Waals surface area contributed by atoms with Crippen molar-refractivity contribution in [2.24, 2.45) is 0 Å². The van der Waals surface area contributed by atoms with Crippen molar-refractivity contribution < 1.29 is 19.1 Å². The van der Waals surface area contributed by atoms with Gasteiger partial charge in [0, 0.05) is 5.56 Å². The highest BCUT2D eigenvalue weighted by molar-refractivity contribution is 8.18. The summed E-state index contributed by atoms with van der Waals surface area (Å²) in [4.78, 5) is 27.4. The normalized spacial score (nSPS) is 15.4. The van der Waals surface area contributed by atoms with Crippen LogP contribution in [0.3, 0.4) is 0 Å². The summed E-state index contributed by atoms with van der Waals surface area (Å²) in [5.74, 6) is 0.833. The van der Waals surface area contributed by atoms with E-state index in [0.717, 1.165) is 28.1 Å². The molecule has 0 aliphatic carbocycles. The number of carbonyl (C=O) groups excluding carboxylic acids is 2. The molecule has 0 aromatic heterocycles. The Hall–Kier alpha value is -3.25. The summed E-state index contributed by atoms with van der Waals surface area (Å²) in [6.45, 7) is 4.08. The average molecular weight is 434 g/mol. The molecule has 0 spiro atoms. The van der Waals surface area contributed by atoms with Crippen LogP contribution in [0.5, 0.6) is 11.5 Å². The van der Waals surface area contributed by atoms with E-state index in [0.29, 0.717) is 22.0 Å². The molecule has 3 aromatic rings. The summed E-state index contributed by atoms with van der Waals surface area (Å²) in [6.07, 6.45) is 1.64. The number of thioether (sulfide) groups is 1. The summed E-state index contributed by atoms with van der Waals surface area (Å²) in [7, 11) is 1.57. The van der Waals surface area contributed by atoms with E-state index in [1.165, 1.54) is 4.90 Å².